The number of furan rings is 1. The van der Waals surface area contributed by atoms with Crippen LogP contribution >= 0.6 is 0 Å². The van der Waals surface area contributed by atoms with E-state index in [1.54, 1.807) is 0 Å². The standard InChI is InChI=1S/C12H18N4O/c1-4-9-5-6-10(17-9)11(13)12-14-7-15-16(12)8(2)3/h5-8,11H,4,13H2,1-3H3. The highest BCUT2D eigenvalue weighted by Crippen LogP contribution is 2.21. The summed E-state index contributed by atoms with van der Waals surface area (Å²) in [7, 11) is 0. The van der Waals surface area contributed by atoms with Crippen molar-refractivity contribution in [3.05, 3.63) is 35.8 Å². The number of aryl methyl sites for hydroxylation is 1. The van der Waals surface area contributed by atoms with E-state index in [1.807, 2.05) is 37.6 Å². The van der Waals surface area contributed by atoms with Crippen LogP contribution in [0.1, 0.15) is 50.2 Å². The third-order valence-electron chi connectivity index (χ3n) is 2.71. The van der Waals surface area contributed by atoms with Crippen LogP contribution in [0.2, 0.25) is 0 Å². The molecule has 0 bridgehead atoms. The first-order valence-electron chi connectivity index (χ1n) is 5.87. The maximum absolute atomic E-state index is 6.15. The molecule has 5 heteroatoms. The van der Waals surface area contributed by atoms with Crippen LogP contribution < -0.4 is 5.73 Å². The van der Waals surface area contributed by atoms with Crippen molar-refractivity contribution < 1.29 is 4.42 Å². The minimum Gasteiger partial charge on any atom is -0.464 e. The molecule has 0 aliphatic carbocycles. The molecule has 2 aromatic rings. The Morgan fingerprint density at radius 2 is 2.18 bits per heavy atom. The molecular weight excluding hydrogens is 216 g/mol. The predicted molar refractivity (Wildman–Crippen MR) is 64.5 cm³/mol. The molecule has 2 aromatic heterocycles. The molecule has 2 N–H and O–H groups in total. The quantitative estimate of drug-likeness (QED) is 0.879. The lowest BCUT2D eigenvalue weighted by Crippen LogP contribution is -2.19. The van der Waals surface area contributed by atoms with Crippen LogP contribution in [0, 0.1) is 0 Å². The normalized spacial score (nSPS) is 13.2. The lowest BCUT2D eigenvalue weighted by Gasteiger charge is -2.13. The molecule has 1 unspecified atom stereocenters. The van der Waals surface area contributed by atoms with Gasteiger partial charge in [0.1, 0.15) is 23.9 Å². The highest BCUT2D eigenvalue weighted by molar-refractivity contribution is 5.17. The summed E-state index contributed by atoms with van der Waals surface area (Å²) < 4.78 is 7.47. The van der Waals surface area contributed by atoms with Crippen LogP contribution in [0.15, 0.2) is 22.9 Å². The molecule has 92 valence electrons. The van der Waals surface area contributed by atoms with Crippen LogP contribution in [-0.2, 0) is 6.42 Å². The number of hydrogen-bond acceptors (Lipinski definition) is 4. The van der Waals surface area contributed by atoms with Crippen molar-refractivity contribution in [3.8, 4) is 0 Å². The van der Waals surface area contributed by atoms with Crippen LogP contribution in [0.4, 0.5) is 0 Å². The largest absolute Gasteiger partial charge is 0.464 e. The Hall–Kier alpha value is -1.62. The fraction of sp³-hybridized carbons (Fsp3) is 0.500. The van der Waals surface area contributed by atoms with Crippen molar-refractivity contribution in [2.45, 2.75) is 39.3 Å². The Balaban J connectivity index is 2.30. The van der Waals surface area contributed by atoms with Crippen molar-refractivity contribution in [2.24, 2.45) is 5.73 Å². The number of aromatic nitrogens is 3. The molecule has 2 heterocycles. The Morgan fingerprint density at radius 3 is 2.76 bits per heavy atom. The summed E-state index contributed by atoms with van der Waals surface area (Å²) in [4.78, 5) is 4.22. The molecule has 0 radical (unpaired) electrons. The third-order valence-corrected chi connectivity index (χ3v) is 2.71. The van der Waals surface area contributed by atoms with Crippen LogP contribution in [0.25, 0.3) is 0 Å². The molecule has 1 atom stereocenters. The Morgan fingerprint density at radius 1 is 1.41 bits per heavy atom. The molecule has 0 spiro atoms. The first-order chi connectivity index (χ1) is 8.13. The highest BCUT2D eigenvalue weighted by atomic mass is 16.3. The maximum atomic E-state index is 6.15. The van der Waals surface area contributed by atoms with Gasteiger partial charge in [0.05, 0.1) is 0 Å². The van der Waals surface area contributed by atoms with Gasteiger partial charge in [-0.1, -0.05) is 6.92 Å². The molecule has 5 nitrogen and oxygen atoms in total. The van der Waals surface area contributed by atoms with Crippen molar-refractivity contribution in [1.82, 2.24) is 14.8 Å². The Kier molecular flexibility index (Phi) is 3.28. The van der Waals surface area contributed by atoms with Gasteiger partial charge in [0.25, 0.3) is 0 Å². The molecule has 0 fully saturated rings. The average molecular weight is 234 g/mol. The molecule has 17 heavy (non-hydrogen) atoms. The molecule has 0 saturated heterocycles. The van der Waals surface area contributed by atoms with Crippen LogP contribution in [-0.4, -0.2) is 14.8 Å². The summed E-state index contributed by atoms with van der Waals surface area (Å²) in [5.74, 6) is 2.40. The zero-order valence-corrected chi connectivity index (χ0v) is 10.4. The molecule has 2 rings (SSSR count). The number of nitrogens with two attached hydrogens (primary N) is 1. The maximum Gasteiger partial charge on any atom is 0.151 e. The summed E-state index contributed by atoms with van der Waals surface area (Å²) in [6.45, 7) is 6.14. The van der Waals surface area contributed by atoms with E-state index in [-0.39, 0.29) is 12.1 Å². The van der Waals surface area contributed by atoms with Gasteiger partial charge in [-0.3, -0.25) is 0 Å². The Bertz CT molecular complexity index is 486. The van der Waals surface area contributed by atoms with Crippen molar-refractivity contribution in [2.75, 3.05) is 0 Å². The van der Waals surface area contributed by atoms with Gasteiger partial charge in [-0.05, 0) is 26.0 Å². The first-order valence-corrected chi connectivity index (χ1v) is 5.87. The first kappa shape index (κ1) is 11.9. The van der Waals surface area contributed by atoms with Crippen molar-refractivity contribution >= 4 is 0 Å². The van der Waals surface area contributed by atoms with E-state index in [0.29, 0.717) is 0 Å². The van der Waals surface area contributed by atoms with E-state index in [9.17, 15) is 0 Å². The number of rotatable bonds is 4. The number of nitrogens with zero attached hydrogens (tertiary/aromatic N) is 3. The van der Waals surface area contributed by atoms with Crippen molar-refractivity contribution in [1.29, 1.82) is 0 Å². The molecule has 0 aromatic carbocycles. The van der Waals surface area contributed by atoms with Gasteiger partial charge in [0, 0.05) is 12.5 Å². The SMILES string of the molecule is CCc1ccc(C(N)c2ncnn2C(C)C)o1. The smallest absolute Gasteiger partial charge is 0.151 e. The van der Waals surface area contributed by atoms with Gasteiger partial charge in [-0.15, -0.1) is 0 Å². The summed E-state index contributed by atoms with van der Waals surface area (Å²) in [6, 6.07) is 3.73. The van der Waals surface area contributed by atoms with E-state index in [2.05, 4.69) is 10.1 Å². The average Bonchev–Trinajstić information content (AvgIpc) is 2.97. The van der Waals surface area contributed by atoms with E-state index in [4.69, 9.17) is 10.2 Å². The van der Waals surface area contributed by atoms with Gasteiger partial charge < -0.3 is 10.2 Å². The van der Waals surface area contributed by atoms with E-state index >= 15 is 0 Å². The van der Waals surface area contributed by atoms with Crippen LogP contribution in [0.5, 0.6) is 0 Å². The fourth-order valence-electron chi connectivity index (χ4n) is 1.76. The zero-order chi connectivity index (χ0) is 12.4. The minimum absolute atomic E-state index is 0.235. The second kappa shape index (κ2) is 4.71. The molecule has 0 amide bonds. The number of hydrogen-bond donors (Lipinski definition) is 1. The monoisotopic (exact) mass is 234 g/mol. The van der Waals surface area contributed by atoms with Crippen molar-refractivity contribution in [3.63, 3.8) is 0 Å². The minimum atomic E-state index is -0.361. The summed E-state index contributed by atoms with van der Waals surface area (Å²) in [6.07, 6.45) is 2.39. The highest BCUT2D eigenvalue weighted by Gasteiger charge is 2.20. The summed E-state index contributed by atoms with van der Waals surface area (Å²) in [5, 5.41) is 4.17. The topological polar surface area (TPSA) is 69.9 Å². The summed E-state index contributed by atoms with van der Waals surface area (Å²) in [5.41, 5.74) is 6.15. The zero-order valence-electron chi connectivity index (χ0n) is 10.4. The van der Waals surface area contributed by atoms with Crippen LogP contribution in [0.3, 0.4) is 0 Å². The van der Waals surface area contributed by atoms with E-state index in [1.165, 1.54) is 6.33 Å². The second-order valence-corrected chi connectivity index (χ2v) is 4.29. The molecular formula is C12H18N4O. The Labute approximate surface area is 101 Å². The van der Waals surface area contributed by atoms with Gasteiger partial charge in [-0.25, -0.2) is 9.67 Å². The van der Waals surface area contributed by atoms with Gasteiger partial charge >= 0.3 is 0 Å². The fourth-order valence-corrected chi connectivity index (χ4v) is 1.76. The van der Waals surface area contributed by atoms with E-state index in [0.717, 1.165) is 23.8 Å². The molecule has 0 saturated carbocycles. The lowest BCUT2D eigenvalue weighted by molar-refractivity contribution is 0.427. The van der Waals surface area contributed by atoms with Gasteiger partial charge in [-0.2, -0.15) is 5.10 Å². The van der Waals surface area contributed by atoms with Gasteiger partial charge in [0.15, 0.2) is 5.82 Å². The third kappa shape index (κ3) is 2.24. The predicted octanol–water partition coefficient (Wildman–Crippen LogP) is 2.06. The van der Waals surface area contributed by atoms with Gasteiger partial charge in [0.2, 0.25) is 0 Å². The molecule has 0 aliphatic heterocycles. The molecule has 0 aliphatic rings. The summed E-state index contributed by atoms with van der Waals surface area (Å²) >= 11 is 0. The van der Waals surface area contributed by atoms with E-state index < -0.39 is 0 Å². The second-order valence-electron chi connectivity index (χ2n) is 4.29. The lowest BCUT2D eigenvalue weighted by atomic mass is 10.2.